The number of nitrogens with zero attached hydrogens (tertiary/aromatic N) is 4. The van der Waals surface area contributed by atoms with Crippen molar-refractivity contribution in [3.8, 4) is 11.5 Å². The van der Waals surface area contributed by atoms with E-state index in [0.717, 1.165) is 31.2 Å². The first-order valence-electron chi connectivity index (χ1n) is 10.2. The first-order valence-corrected chi connectivity index (χ1v) is 10.2. The van der Waals surface area contributed by atoms with Gasteiger partial charge < -0.3 is 8.94 Å². The van der Waals surface area contributed by atoms with Gasteiger partial charge in [-0.25, -0.2) is 4.39 Å². The van der Waals surface area contributed by atoms with Crippen LogP contribution in [0.4, 0.5) is 4.39 Å². The van der Waals surface area contributed by atoms with Crippen LogP contribution in [0, 0.1) is 5.82 Å². The Morgan fingerprint density at radius 3 is 2.40 bits per heavy atom. The zero-order valence-electron chi connectivity index (χ0n) is 16.4. The first-order chi connectivity index (χ1) is 14.7. The monoisotopic (exact) mass is 404 g/mol. The van der Waals surface area contributed by atoms with E-state index >= 15 is 0 Å². The highest BCUT2D eigenvalue weighted by Crippen LogP contribution is 2.46. The van der Waals surface area contributed by atoms with Gasteiger partial charge in [0.2, 0.25) is 17.7 Å². The second-order valence-electron chi connectivity index (χ2n) is 7.65. The molecule has 0 aliphatic heterocycles. The van der Waals surface area contributed by atoms with Gasteiger partial charge in [0.25, 0.3) is 0 Å². The van der Waals surface area contributed by atoms with Crippen molar-refractivity contribution in [1.29, 1.82) is 0 Å². The van der Waals surface area contributed by atoms with Crippen LogP contribution in [0.2, 0.25) is 0 Å². The largest absolute Gasteiger partial charge is 0.421 e. The third-order valence-corrected chi connectivity index (χ3v) is 5.78. The fourth-order valence-electron chi connectivity index (χ4n) is 4.26. The summed E-state index contributed by atoms with van der Waals surface area (Å²) in [4.78, 5) is 4.63. The molecule has 0 radical (unpaired) electrons. The zero-order valence-corrected chi connectivity index (χ0v) is 16.4. The van der Waals surface area contributed by atoms with Crippen LogP contribution in [-0.2, 0) is 18.3 Å². The van der Waals surface area contributed by atoms with Gasteiger partial charge in [-0.1, -0.05) is 54.4 Å². The van der Waals surface area contributed by atoms with Crippen molar-refractivity contribution >= 4 is 0 Å². The number of aryl methyl sites for hydroxylation is 2. The predicted octanol–water partition coefficient (Wildman–Crippen LogP) is 4.90. The van der Waals surface area contributed by atoms with Crippen LogP contribution in [0.5, 0.6) is 0 Å². The molecule has 1 aliphatic carbocycles. The lowest BCUT2D eigenvalue weighted by Crippen LogP contribution is -2.26. The van der Waals surface area contributed by atoms with E-state index < -0.39 is 5.41 Å². The molecule has 6 nitrogen and oxygen atoms in total. The molecule has 7 heteroatoms. The maximum absolute atomic E-state index is 14.6. The first kappa shape index (κ1) is 18.7. The Bertz CT molecular complexity index is 1130. The van der Waals surface area contributed by atoms with Crippen LogP contribution in [0.3, 0.4) is 0 Å². The summed E-state index contributed by atoms with van der Waals surface area (Å²) in [5.41, 5.74) is 1.02. The summed E-state index contributed by atoms with van der Waals surface area (Å²) in [6, 6.07) is 16.5. The molecule has 30 heavy (non-hydrogen) atoms. The minimum absolute atomic E-state index is 0.218. The smallest absolute Gasteiger partial charge is 0.247 e. The summed E-state index contributed by atoms with van der Waals surface area (Å²) >= 11 is 0. The van der Waals surface area contributed by atoms with E-state index in [1.807, 2.05) is 42.5 Å². The molecular formula is C23H21FN4O2. The van der Waals surface area contributed by atoms with Crippen molar-refractivity contribution in [2.75, 3.05) is 0 Å². The Morgan fingerprint density at radius 1 is 0.867 bits per heavy atom. The molecule has 5 rings (SSSR count). The number of hydrogen-bond donors (Lipinski definition) is 0. The van der Waals surface area contributed by atoms with Crippen molar-refractivity contribution in [1.82, 2.24) is 20.3 Å². The van der Waals surface area contributed by atoms with Gasteiger partial charge in [0.05, 0.1) is 5.41 Å². The maximum Gasteiger partial charge on any atom is 0.247 e. The Labute approximate surface area is 173 Å². The molecule has 0 N–H and O–H groups in total. The third kappa shape index (κ3) is 3.40. The highest BCUT2D eigenvalue weighted by molar-refractivity contribution is 5.51. The number of aromatic nitrogens is 4. The number of benzene rings is 2. The van der Waals surface area contributed by atoms with Crippen molar-refractivity contribution in [2.24, 2.45) is 0 Å². The van der Waals surface area contributed by atoms with E-state index in [-0.39, 0.29) is 5.82 Å². The molecule has 0 amide bonds. The lowest BCUT2D eigenvalue weighted by molar-refractivity contribution is 0.354. The summed E-state index contributed by atoms with van der Waals surface area (Å²) in [6.45, 7) is 0. The highest BCUT2D eigenvalue weighted by Gasteiger charge is 2.43. The fourth-order valence-corrected chi connectivity index (χ4v) is 4.26. The molecule has 2 aromatic heterocycles. The molecule has 1 saturated carbocycles. The van der Waals surface area contributed by atoms with E-state index in [2.05, 4.69) is 20.3 Å². The van der Waals surface area contributed by atoms with Crippen LogP contribution < -0.4 is 0 Å². The lowest BCUT2D eigenvalue weighted by atomic mass is 9.78. The molecule has 2 heterocycles. The van der Waals surface area contributed by atoms with E-state index in [4.69, 9.17) is 8.94 Å². The highest BCUT2D eigenvalue weighted by atomic mass is 19.1. The molecule has 0 bridgehead atoms. The minimum atomic E-state index is -0.516. The van der Waals surface area contributed by atoms with Crippen molar-refractivity contribution < 1.29 is 13.3 Å². The Morgan fingerprint density at radius 2 is 1.60 bits per heavy atom. The van der Waals surface area contributed by atoms with Gasteiger partial charge in [-0.15, -0.1) is 10.2 Å². The van der Waals surface area contributed by atoms with Crippen LogP contribution in [-0.4, -0.2) is 20.3 Å². The number of hydrogen-bond acceptors (Lipinski definition) is 6. The Hall–Kier alpha value is -3.35. The number of rotatable bonds is 6. The second kappa shape index (κ2) is 7.82. The third-order valence-electron chi connectivity index (χ3n) is 5.78. The standard InChI is InChI=1S/C23H21FN4O2/c24-18-11-5-4-10-17(18)23(14-6-7-15-23)22-25-19(30-28-22)12-13-20-26-27-21(29-20)16-8-2-1-3-9-16/h1-5,8-11H,6-7,12-15H2. The van der Waals surface area contributed by atoms with Crippen molar-refractivity contribution in [3.63, 3.8) is 0 Å². The van der Waals surface area contributed by atoms with Crippen molar-refractivity contribution in [3.05, 3.63) is 83.6 Å². The van der Waals surface area contributed by atoms with Crippen LogP contribution in [0.25, 0.3) is 11.5 Å². The van der Waals surface area contributed by atoms with Gasteiger partial charge in [0, 0.05) is 24.0 Å². The van der Waals surface area contributed by atoms with Gasteiger partial charge in [-0.3, -0.25) is 0 Å². The quantitative estimate of drug-likeness (QED) is 0.455. The zero-order chi connectivity index (χ0) is 20.4. The molecule has 152 valence electrons. The van der Waals surface area contributed by atoms with Gasteiger partial charge in [-0.2, -0.15) is 4.98 Å². The van der Waals surface area contributed by atoms with E-state index in [0.29, 0.717) is 41.9 Å². The molecule has 0 unspecified atom stereocenters. The molecule has 0 atom stereocenters. The molecular weight excluding hydrogens is 383 g/mol. The van der Waals surface area contributed by atoms with Crippen molar-refractivity contribution in [2.45, 2.75) is 43.9 Å². The van der Waals surface area contributed by atoms with Gasteiger partial charge in [0.15, 0.2) is 5.82 Å². The SMILES string of the molecule is Fc1ccccc1C1(c2noc(CCc3nnc(-c4ccccc4)o3)n2)CCCC1. The Balaban J connectivity index is 1.33. The molecule has 0 saturated heterocycles. The normalized spacial score (nSPS) is 15.5. The van der Waals surface area contributed by atoms with E-state index in [9.17, 15) is 4.39 Å². The van der Waals surface area contributed by atoms with E-state index in [1.165, 1.54) is 6.07 Å². The van der Waals surface area contributed by atoms with Crippen LogP contribution in [0.15, 0.2) is 63.5 Å². The van der Waals surface area contributed by atoms with Gasteiger partial charge in [0.1, 0.15) is 5.82 Å². The summed E-state index contributed by atoms with van der Waals surface area (Å²) in [6.07, 6.45) is 4.64. The van der Waals surface area contributed by atoms with Gasteiger partial charge in [-0.05, 0) is 31.0 Å². The summed E-state index contributed by atoms with van der Waals surface area (Å²) in [7, 11) is 0. The predicted molar refractivity (Wildman–Crippen MR) is 107 cm³/mol. The molecule has 0 spiro atoms. The average Bonchev–Trinajstić information content (AvgIpc) is 3.54. The maximum atomic E-state index is 14.6. The molecule has 2 aromatic carbocycles. The molecule has 4 aromatic rings. The van der Waals surface area contributed by atoms with E-state index in [1.54, 1.807) is 6.07 Å². The summed E-state index contributed by atoms with van der Waals surface area (Å²) < 4.78 is 25.8. The topological polar surface area (TPSA) is 77.8 Å². The number of halogens is 1. The summed E-state index contributed by atoms with van der Waals surface area (Å²) in [5, 5.41) is 12.4. The van der Waals surface area contributed by atoms with Crippen LogP contribution >= 0.6 is 0 Å². The summed E-state index contributed by atoms with van der Waals surface area (Å²) in [5.74, 6) is 1.84. The minimum Gasteiger partial charge on any atom is -0.421 e. The second-order valence-corrected chi connectivity index (χ2v) is 7.65. The average molecular weight is 404 g/mol. The van der Waals surface area contributed by atoms with Crippen LogP contribution in [0.1, 0.15) is 48.9 Å². The van der Waals surface area contributed by atoms with Gasteiger partial charge >= 0.3 is 0 Å². The molecule has 1 aliphatic rings. The Kier molecular flexibility index (Phi) is 4.86. The fraction of sp³-hybridized carbons (Fsp3) is 0.304. The molecule has 1 fully saturated rings. The lowest BCUT2D eigenvalue weighted by Gasteiger charge is -2.26.